The zero-order chi connectivity index (χ0) is 18.1. The van der Waals surface area contributed by atoms with Crippen LogP contribution in [-0.4, -0.2) is 26.2 Å². The van der Waals surface area contributed by atoms with Crippen molar-refractivity contribution in [2.45, 2.75) is 65.7 Å². The number of carbonyl (C=O) groups is 2. The third-order valence-electron chi connectivity index (χ3n) is 4.54. The Labute approximate surface area is 145 Å². The maximum atomic E-state index is 12.2. The maximum absolute atomic E-state index is 12.2. The van der Waals surface area contributed by atoms with Crippen molar-refractivity contribution < 1.29 is 19.1 Å². The molecule has 1 aliphatic heterocycles. The highest BCUT2D eigenvalue weighted by Gasteiger charge is 2.35. The van der Waals surface area contributed by atoms with Gasteiger partial charge in [-0.3, -0.25) is 0 Å². The minimum Gasteiger partial charge on any atom is -0.466 e. The van der Waals surface area contributed by atoms with E-state index in [1.807, 2.05) is 13.8 Å². The molecule has 0 aromatic heterocycles. The lowest BCUT2D eigenvalue weighted by Crippen LogP contribution is -2.33. The van der Waals surface area contributed by atoms with Gasteiger partial charge in [0, 0.05) is 17.3 Å². The Morgan fingerprint density at radius 2 is 1.33 bits per heavy atom. The van der Waals surface area contributed by atoms with Crippen LogP contribution in [0.5, 0.6) is 0 Å². The van der Waals surface area contributed by atoms with E-state index in [1.165, 1.54) is 39.9 Å². The highest BCUT2D eigenvalue weighted by molar-refractivity contribution is 5.97. The van der Waals surface area contributed by atoms with Gasteiger partial charge in [0.25, 0.3) is 0 Å². The van der Waals surface area contributed by atoms with Gasteiger partial charge in [0.1, 0.15) is 0 Å². The van der Waals surface area contributed by atoms with E-state index in [2.05, 4.69) is 12.2 Å². The summed E-state index contributed by atoms with van der Waals surface area (Å²) in [5.41, 5.74) is 2.58. The quantitative estimate of drug-likeness (QED) is 0.511. The molecule has 24 heavy (non-hydrogen) atoms. The fraction of sp³-hybridized carbons (Fsp3) is 0.684. The van der Waals surface area contributed by atoms with Gasteiger partial charge in [-0.05, 0) is 20.3 Å². The van der Waals surface area contributed by atoms with E-state index in [0.29, 0.717) is 11.1 Å². The van der Waals surface area contributed by atoms with Crippen LogP contribution in [0.25, 0.3) is 0 Å². The summed E-state index contributed by atoms with van der Waals surface area (Å²) < 4.78 is 9.87. The molecule has 0 aromatic rings. The smallest absolute Gasteiger partial charge is 0.336 e. The van der Waals surface area contributed by atoms with E-state index in [-0.39, 0.29) is 17.9 Å². The van der Waals surface area contributed by atoms with E-state index < -0.39 is 0 Å². The number of dihydropyridines is 1. The highest BCUT2D eigenvalue weighted by Crippen LogP contribution is 2.35. The van der Waals surface area contributed by atoms with E-state index in [9.17, 15) is 9.59 Å². The lowest BCUT2D eigenvalue weighted by molar-refractivity contribution is -0.137. The van der Waals surface area contributed by atoms with Crippen molar-refractivity contribution in [3.8, 4) is 0 Å². The van der Waals surface area contributed by atoms with Crippen molar-refractivity contribution >= 4 is 11.9 Å². The van der Waals surface area contributed by atoms with Crippen LogP contribution in [0.15, 0.2) is 22.5 Å². The monoisotopic (exact) mass is 337 g/mol. The van der Waals surface area contributed by atoms with Crippen LogP contribution in [0.1, 0.15) is 65.7 Å². The van der Waals surface area contributed by atoms with Crippen LogP contribution < -0.4 is 5.32 Å². The Kier molecular flexibility index (Phi) is 8.58. The Bertz CT molecular complexity index is 481. The third kappa shape index (κ3) is 5.11. The molecule has 0 fully saturated rings. The van der Waals surface area contributed by atoms with Crippen molar-refractivity contribution in [2.75, 3.05) is 14.2 Å². The molecule has 0 unspecified atom stereocenters. The molecule has 0 saturated heterocycles. The predicted molar refractivity (Wildman–Crippen MR) is 94.1 cm³/mol. The average Bonchev–Trinajstić information content (AvgIpc) is 2.56. The largest absolute Gasteiger partial charge is 0.466 e. The lowest BCUT2D eigenvalue weighted by Gasteiger charge is -2.29. The van der Waals surface area contributed by atoms with E-state index in [0.717, 1.165) is 30.7 Å². The number of carbonyl (C=O) groups excluding carboxylic acids is 2. The molecule has 5 heteroatoms. The Morgan fingerprint density at radius 3 is 1.79 bits per heavy atom. The van der Waals surface area contributed by atoms with Crippen molar-refractivity contribution in [3.63, 3.8) is 0 Å². The van der Waals surface area contributed by atoms with Gasteiger partial charge in [0.05, 0.1) is 25.4 Å². The summed E-state index contributed by atoms with van der Waals surface area (Å²) in [4.78, 5) is 24.5. The third-order valence-corrected chi connectivity index (χ3v) is 4.54. The van der Waals surface area contributed by atoms with Gasteiger partial charge >= 0.3 is 11.9 Å². The Hall–Kier alpha value is -1.78. The molecular formula is C19H31NO4. The van der Waals surface area contributed by atoms with E-state index in [4.69, 9.17) is 9.47 Å². The van der Waals surface area contributed by atoms with Gasteiger partial charge < -0.3 is 14.8 Å². The molecule has 1 heterocycles. The molecule has 0 atom stereocenters. The second-order valence-electron chi connectivity index (χ2n) is 6.29. The average molecular weight is 337 g/mol. The summed E-state index contributed by atoms with van der Waals surface area (Å²) in [6.45, 7) is 5.89. The molecule has 0 spiro atoms. The lowest BCUT2D eigenvalue weighted by atomic mass is 9.82. The van der Waals surface area contributed by atoms with Gasteiger partial charge in [-0.15, -0.1) is 0 Å². The number of ether oxygens (including phenoxy) is 2. The summed E-state index contributed by atoms with van der Waals surface area (Å²) in [5, 5.41) is 3.12. The number of hydrogen-bond acceptors (Lipinski definition) is 5. The second kappa shape index (κ2) is 10.2. The van der Waals surface area contributed by atoms with Crippen LogP contribution in [0.4, 0.5) is 0 Å². The molecule has 0 aromatic carbocycles. The van der Waals surface area contributed by atoms with E-state index in [1.54, 1.807) is 0 Å². The molecular weight excluding hydrogens is 306 g/mol. The van der Waals surface area contributed by atoms with Crippen molar-refractivity contribution in [1.29, 1.82) is 0 Å². The molecule has 0 bridgehead atoms. The molecule has 0 aliphatic carbocycles. The number of methoxy groups -OCH3 is 2. The Balaban J connectivity index is 2.92. The van der Waals surface area contributed by atoms with Crippen LogP contribution in [0.3, 0.4) is 0 Å². The molecule has 1 aliphatic rings. The first-order chi connectivity index (χ1) is 11.5. The molecule has 136 valence electrons. The molecule has 1 rings (SSSR count). The summed E-state index contributed by atoms with van der Waals surface area (Å²) >= 11 is 0. The molecule has 0 amide bonds. The topological polar surface area (TPSA) is 64.6 Å². The van der Waals surface area contributed by atoms with Gasteiger partial charge in [0.2, 0.25) is 0 Å². The first-order valence-corrected chi connectivity index (χ1v) is 8.83. The van der Waals surface area contributed by atoms with Crippen molar-refractivity contribution in [2.24, 2.45) is 5.92 Å². The maximum Gasteiger partial charge on any atom is 0.336 e. The van der Waals surface area contributed by atoms with Gasteiger partial charge in [-0.25, -0.2) is 9.59 Å². The van der Waals surface area contributed by atoms with Crippen LogP contribution >= 0.6 is 0 Å². The molecule has 0 radical (unpaired) electrons. The first-order valence-electron chi connectivity index (χ1n) is 8.83. The number of unbranched alkanes of at least 4 members (excludes halogenated alkanes) is 5. The number of nitrogens with one attached hydrogen (secondary N) is 1. The van der Waals surface area contributed by atoms with Gasteiger partial charge in [-0.2, -0.15) is 0 Å². The number of esters is 2. The zero-order valence-corrected chi connectivity index (χ0v) is 15.7. The molecule has 0 saturated carbocycles. The fourth-order valence-corrected chi connectivity index (χ4v) is 3.31. The molecule has 1 N–H and O–H groups in total. The molecule has 5 nitrogen and oxygen atoms in total. The highest BCUT2D eigenvalue weighted by atomic mass is 16.5. The van der Waals surface area contributed by atoms with Crippen molar-refractivity contribution in [3.05, 3.63) is 22.5 Å². The minimum atomic E-state index is -0.384. The van der Waals surface area contributed by atoms with Crippen molar-refractivity contribution in [1.82, 2.24) is 5.32 Å². The minimum absolute atomic E-state index is 0.266. The standard InChI is InChI=1S/C19H31NO4/c1-6-7-8-9-10-11-12-15-16(18(21)23-4)13(2)20-14(3)17(15)19(22)24-5/h15,20H,6-12H2,1-5H3. The van der Waals surface area contributed by atoms with Gasteiger partial charge in [0.15, 0.2) is 0 Å². The second-order valence-corrected chi connectivity index (χ2v) is 6.29. The fourth-order valence-electron chi connectivity index (χ4n) is 3.31. The normalized spacial score (nSPS) is 15.4. The zero-order valence-electron chi connectivity index (χ0n) is 15.7. The summed E-state index contributed by atoms with van der Waals surface area (Å²) in [6.07, 6.45) is 7.72. The summed E-state index contributed by atoms with van der Waals surface area (Å²) in [6, 6.07) is 0. The SMILES string of the molecule is CCCCCCCCC1C(C(=O)OC)=C(C)NC(C)=C1C(=O)OC. The number of rotatable bonds is 9. The Morgan fingerprint density at radius 1 is 0.875 bits per heavy atom. The van der Waals surface area contributed by atoms with Crippen LogP contribution in [0, 0.1) is 5.92 Å². The summed E-state index contributed by atoms with van der Waals surface area (Å²) in [5.74, 6) is -1.04. The summed E-state index contributed by atoms with van der Waals surface area (Å²) in [7, 11) is 2.74. The van der Waals surface area contributed by atoms with E-state index >= 15 is 0 Å². The van der Waals surface area contributed by atoms with Crippen LogP contribution in [-0.2, 0) is 19.1 Å². The van der Waals surface area contributed by atoms with Crippen LogP contribution in [0.2, 0.25) is 0 Å². The predicted octanol–water partition coefficient (Wildman–Crippen LogP) is 3.85. The number of allylic oxidation sites excluding steroid dienone is 2. The first kappa shape index (κ1) is 20.3. The number of hydrogen-bond donors (Lipinski definition) is 1. The van der Waals surface area contributed by atoms with Gasteiger partial charge in [-0.1, -0.05) is 45.4 Å².